The van der Waals surface area contributed by atoms with Crippen LogP contribution < -0.4 is 10.1 Å². The fourth-order valence-electron chi connectivity index (χ4n) is 2.59. The molecule has 0 radical (unpaired) electrons. The minimum atomic E-state index is -0.608. The fraction of sp³-hybridized carbons (Fsp3) is 0.350. The molecule has 1 amide bonds. The maximum absolute atomic E-state index is 12.8. The van der Waals surface area contributed by atoms with Crippen molar-refractivity contribution in [3.63, 3.8) is 0 Å². The quantitative estimate of drug-likeness (QED) is 0.400. The van der Waals surface area contributed by atoms with Crippen LogP contribution in [0, 0.1) is 6.92 Å². The van der Waals surface area contributed by atoms with E-state index in [1.807, 2.05) is 6.92 Å². The van der Waals surface area contributed by atoms with Gasteiger partial charge in [0.05, 0.1) is 33.7 Å². The van der Waals surface area contributed by atoms with E-state index in [0.717, 1.165) is 17.8 Å². The molecular formula is C20H21Cl2NO5S. The Kier molecular flexibility index (Phi) is 8.07. The second kappa shape index (κ2) is 10.1. The molecule has 0 aliphatic carbocycles. The third kappa shape index (κ3) is 5.29. The topological polar surface area (TPSA) is 81.7 Å². The van der Waals surface area contributed by atoms with E-state index in [-0.39, 0.29) is 38.6 Å². The molecule has 2 aromatic rings. The molecule has 0 saturated heterocycles. The molecule has 0 aliphatic heterocycles. The summed E-state index contributed by atoms with van der Waals surface area (Å²) < 4.78 is 10.6. The molecule has 29 heavy (non-hydrogen) atoms. The number of benzene rings is 1. The first-order chi connectivity index (χ1) is 13.7. The molecular weight excluding hydrogens is 437 g/mol. The summed E-state index contributed by atoms with van der Waals surface area (Å²) in [6.45, 7) is 7.27. The number of hydrogen-bond donors (Lipinski definition) is 1. The lowest BCUT2D eigenvalue weighted by Crippen LogP contribution is -2.15. The first-order valence-corrected chi connectivity index (χ1v) is 10.5. The molecule has 0 bridgehead atoms. The molecule has 0 fully saturated rings. The maximum Gasteiger partial charge on any atom is 0.341 e. The Morgan fingerprint density at radius 2 is 1.76 bits per heavy atom. The molecule has 1 N–H and O–H groups in total. The van der Waals surface area contributed by atoms with Crippen molar-refractivity contribution < 1.29 is 23.9 Å². The predicted molar refractivity (Wildman–Crippen MR) is 115 cm³/mol. The van der Waals surface area contributed by atoms with Gasteiger partial charge < -0.3 is 14.8 Å². The number of rotatable bonds is 8. The van der Waals surface area contributed by atoms with E-state index in [1.54, 1.807) is 13.8 Å². The predicted octanol–water partition coefficient (Wildman–Crippen LogP) is 5.78. The largest absolute Gasteiger partial charge is 0.490 e. The number of esters is 1. The smallest absolute Gasteiger partial charge is 0.341 e. The molecule has 6 nitrogen and oxygen atoms in total. The first-order valence-electron chi connectivity index (χ1n) is 8.95. The monoisotopic (exact) mass is 457 g/mol. The minimum absolute atomic E-state index is 0.162. The van der Waals surface area contributed by atoms with E-state index < -0.39 is 11.9 Å². The second-order valence-electron chi connectivity index (χ2n) is 6.11. The Labute approximate surface area is 183 Å². The van der Waals surface area contributed by atoms with Gasteiger partial charge in [0.25, 0.3) is 5.91 Å². The standard InChI is InChI=1S/C20H21Cl2NO5S/c1-5-7-28-16-13(21)8-12(9-14(16)22)18(25)23-19-15(20(26)27-6-2)10(3)17(29-19)11(4)24/h8-9H,5-7H2,1-4H3,(H,23,25). The highest BCUT2D eigenvalue weighted by Gasteiger charge is 2.26. The van der Waals surface area contributed by atoms with Crippen molar-refractivity contribution in [1.82, 2.24) is 0 Å². The number of amides is 1. The number of halogens is 2. The van der Waals surface area contributed by atoms with Crippen molar-refractivity contribution in [1.29, 1.82) is 0 Å². The van der Waals surface area contributed by atoms with Gasteiger partial charge in [0.1, 0.15) is 5.00 Å². The summed E-state index contributed by atoms with van der Waals surface area (Å²) in [7, 11) is 0. The summed E-state index contributed by atoms with van der Waals surface area (Å²) in [4.78, 5) is 37.4. The highest BCUT2D eigenvalue weighted by molar-refractivity contribution is 7.18. The molecule has 0 aliphatic rings. The Bertz CT molecular complexity index is 932. The van der Waals surface area contributed by atoms with Crippen molar-refractivity contribution in [2.45, 2.75) is 34.1 Å². The van der Waals surface area contributed by atoms with Crippen LogP contribution in [0.25, 0.3) is 0 Å². The normalized spacial score (nSPS) is 10.6. The van der Waals surface area contributed by atoms with Crippen LogP contribution in [0.2, 0.25) is 10.0 Å². The maximum atomic E-state index is 12.8. The van der Waals surface area contributed by atoms with E-state index in [9.17, 15) is 14.4 Å². The number of ether oxygens (including phenoxy) is 2. The lowest BCUT2D eigenvalue weighted by atomic mass is 10.1. The molecule has 1 heterocycles. The zero-order valence-corrected chi connectivity index (χ0v) is 18.8. The average molecular weight is 458 g/mol. The number of carbonyl (C=O) groups is 3. The number of anilines is 1. The van der Waals surface area contributed by atoms with Crippen molar-refractivity contribution in [2.24, 2.45) is 0 Å². The Balaban J connectivity index is 2.39. The molecule has 9 heteroatoms. The third-order valence-corrected chi connectivity index (χ3v) is 5.75. The Morgan fingerprint density at radius 1 is 1.14 bits per heavy atom. The van der Waals surface area contributed by atoms with Gasteiger partial charge in [0.15, 0.2) is 11.5 Å². The molecule has 156 valence electrons. The van der Waals surface area contributed by atoms with Crippen LogP contribution in [-0.4, -0.2) is 30.9 Å². The van der Waals surface area contributed by atoms with Crippen LogP contribution in [0.1, 0.15) is 63.1 Å². The van der Waals surface area contributed by atoms with Gasteiger partial charge in [-0.3, -0.25) is 9.59 Å². The zero-order chi connectivity index (χ0) is 21.7. The molecule has 0 saturated carbocycles. The van der Waals surface area contributed by atoms with Gasteiger partial charge >= 0.3 is 5.97 Å². The summed E-state index contributed by atoms with van der Waals surface area (Å²) >= 11 is 13.4. The number of ketones is 1. The highest BCUT2D eigenvalue weighted by atomic mass is 35.5. The summed E-state index contributed by atoms with van der Waals surface area (Å²) in [6.07, 6.45) is 0.780. The number of carbonyl (C=O) groups excluding carboxylic acids is 3. The number of Topliss-reactive ketones (excluding diaryl/α,β-unsaturated/α-hetero) is 1. The molecule has 0 atom stereocenters. The summed E-state index contributed by atoms with van der Waals surface area (Å²) in [5, 5.41) is 3.30. The summed E-state index contributed by atoms with van der Waals surface area (Å²) in [5.74, 6) is -1.03. The van der Waals surface area contributed by atoms with Gasteiger partial charge in [-0.15, -0.1) is 11.3 Å². The SMILES string of the molecule is CCCOc1c(Cl)cc(C(=O)Nc2sc(C(C)=O)c(C)c2C(=O)OCC)cc1Cl. The average Bonchev–Trinajstić information content (AvgIpc) is 2.97. The van der Waals surface area contributed by atoms with E-state index in [4.69, 9.17) is 32.7 Å². The Hall–Kier alpha value is -2.09. The van der Waals surface area contributed by atoms with Gasteiger partial charge in [0, 0.05) is 5.56 Å². The highest BCUT2D eigenvalue weighted by Crippen LogP contribution is 2.37. The van der Waals surface area contributed by atoms with Crippen LogP contribution >= 0.6 is 34.5 Å². The van der Waals surface area contributed by atoms with Gasteiger partial charge in [-0.2, -0.15) is 0 Å². The number of nitrogens with one attached hydrogen (secondary N) is 1. The summed E-state index contributed by atoms with van der Waals surface area (Å²) in [5.41, 5.74) is 0.820. The molecule has 1 aromatic carbocycles. The van der Waals surface area contributed by atoms with Crippen molar-refractivity contribution in [2.75, 3.05) is 18.5 Å². The van der Waals surface area contributed by atoms with Gasteiger partial charge in [-0.1, -0.05) is 30.1 Å². The number of hydrogen-bond acceptors (Lipinski definition) is 6. The zero-order valence-electron chi connectivity index (χ0n) is 16.5. The van der Waals surface area contributed by atoms with E-state index in [1.165, 1.54) is 19.1 Å². The van der Waals surface area contributed by atoms with E-state index in [0.29, 0.717) is 22.8 Å². The number of thiophene rings is 1. The van der Waals surface area contributed by atoms with E-state index in [2.05, 4.69) is 5.32 Å². The molecule has 1 aromatic heterocycles. The van der Waals surface area contributed by atoms with Gasteiger partial charge in [-0.05, 0) is 44.9 Å². The Morgan fingerprint density at radius 3 is 2.28 bits per heavy atom. The van der Waals surface area contributed by atoms with Gasteiger partial charge in [-0.25, -0.2) is 4.79 Å². The van der Waals surface area contributed by atoms with Crippen LogP contribution in [0.3, 0.4) is 0 Å². The first kappa shape index (κ1) is 23.2. The van der Waals surface area contributed by atoms with Crippen LogP contribution in [0.4, 0.5) is 5.00 Å². The summed E-state index contributed by atoms with van der Waals surface area (Å²) in [6, 6.07) is 2.87. The molecule has 0 spiro atoms. The van der Waals surface area contributed by atoms with Crippen LogP contribution in [0.5, 0.6) is 5.75 Å². The minimum Gasteiger partial charge on any atom is -0.490 e. The van der Waals surface area contributed by atoms with Crippen LogP contribution in [-0.2, 0) is 4.74 Å². The second-order valence-corrected chi connectivity index (χ2v) is 7.94. The fourth-order valence-corrected chi connectivity index (χ4v) is 4.28. The van der Waals surface area contributed by atoms with E-state index >= 15 is 0 Å². The van der Waals surface area contributed by atoms with Crippen LogP contribution in [0.15, 0.2) is 12.1 Å². The van der Waals surface area contributed by atoms with Crippen molar-refractivity contribution >= 4 is 57.2 Å². The van der Waals surface area contributed by atoms with Crippen molar-refractivity contribution in [3.8, 4) is 5.75 Å². The molecule has 0 unspecified atom stereocenters. The van der Waals surface area contributed by atoms with Gasteiger partial charge in [0.2, 0.25) is 0 Å². The lowest BCUT2D eigenvalue weighted by molar-refractivity contribution is 0.0527. The third-order valence-electron chi connectivity index (χ3n) is 3.88. The van der Waals surface area contributed by atoms with Crippen molar-refractivity contribution in [3.05, 3.63) is 43.7 Å². The molecule has 2 rings (SSSR count). The lowest BCUT2D eigenvalue weighted by Gasteiger charge is -2.11.